The molecule has 108 valence electrons. The SMILES string of the molecule is Cc1c(Cl)cccc1OCC(=O)N1CC2(CCOC2)C1. The molecule has 0 unspecified atom stereocenters. The lowest BCUT2D eigenvalue weighted by molar-refractivity contribution is -0.145. The van der Waals surface area contributed by atoms with Gasteiger partial charge >= 0.3 is 0 Å². The van der Waals surface area contributed by atoms with Crippen molar-refractivity contribution in [2.24, 2.45) is 5.41 Å². The monoisotopic (exact) mass is 295 g/mol. The lowest BCUT2D eigenvalue weighted by Crippen LogP contribution is -2.59. The van der Waals surface area contributed by atoms with Gasteiger partial charge in [0.05, 0.1) is 6.61 Å². The smallest absolute Gasteiger partial charge is 0.260 e. The third-order valence-corrected chi connectivity index (χ3v) is 4.57. The second kappa shape index (κ2) is 5.26. The molecule has 0 aromatic heterocycles. The van der Waals surface area contributed by atoms with Crippen molar-refractivity contribution < 1.29 is 14.3 Å². The van der Waals surface area contributed by atoms with Crippen molar-refractivity contribution in [3.8, 4) is 5.75 Å². The van der Waals surface area contributed by atoms with E-state index >= 15 is 0 Å². The fraction of sp³-hybridized carbons (Fsp3) is 0.533. The predicted molar refractivity (Wildman–Crippen MR) is 76.1 cm³/mol. The summed E-state index contributed by atoms with van der Waals surface area (Å²) in [6.07, 6.45) is 1.06. The van der Waals surface area contributed by atoms with E-state index in [1.165, 1.54) is 0 Å². The summed E-state index contributed by atoms with van der Waals surface area (Å²) in [6, 6.07) is 5.46. The second-order valence-corrected chi connectivity index (χ2v) is 6.11. The maximum Gasteiger partial charge on any atom is 0.260 e. The van der Waals surface area contributed by atoms with Crippen molar-refractivity contribution >= 4 is 17.5 Å². The Hall–Kier alpha value is -1.26. The van der Waals surface area contributed by atoms with E-state index in [0.29, 0.717) is 10.8 Å². The maximum absolute atomic E-state index is 12.1. The van der Waals surface area contributed by atoms with Crippen molar-refractivity contribution in [2.45, 2.75) is 13.3 Å². The van der Waals surface area contributed by atoms with Crippen molar-refractivity contribution in [3.05, 3.63) is 28.8 Å². The van der Waals surface area contributed by atoms with Crippen LogP contribution in [0.25, 0.3) is 0 Å². The number of carbonyl (C=O) groups is 1. The minimum absolute atomic E-state index is 0.0295. The van der Waals surface area contributed by atoms with E-state index in [4.69, 9.17) is 21.1 Å². The number of nitrogens with zero attached hydrogens (tertiary/aromatic N) is 1. The van der Waals surface area contributed by atoms with Crippen LogP contribution in [0.15, 0.2) is 18.2 Å². The van der Waals surface area contributed by atoms with Gasteiger partial charge in [-0.25, -0.2) is 0 Å². The fourth-order valence-corrected chi connectivity index (χ4v) is 2.98. The summed E-state index contributed by atoms with van der Waals surface area (Å²) in [6.45, 7) is 5.15. The Morgan fingerprint density at radius 1 is 1.50 bits per heavy atom. The van der Waals surface area contributed by atoms with E-state index in [9.17, 15) is 4.79 Å². The van der Waals surface area contributed by atoms with Gasteiger partial charge in [0.15, 0.2) is 6.61 Å². The molecule has 0 radical (unpaired) electrons. The van der Waals surface area contributed by atoms with Gasteiger partial charge in [-0.3, -0.25) is 4.79 Å². The Balaban J connectivity index is 1.52. The highest BCUT2D eigenvalue weighted by molar-refractivity contribution is 6.31. The zero-order chi connectivity index (χ0) is 14.2. The van der Waals surface area contributed by atoms with Gasteiger partial charge in [-0.1, -0.05) is 17.7 Å². The van der Waals surface area contributed by atoms with Crippen molar-refractivity contribution in [2.75, 3.05) is 32.9 Å². The van der Waals surface area contributed by atoms with E-state index in [-0.39, 0.29) is 17.9 Å². The molecule has 0 N–H and O–H groups in total. The first-order chi connectivity index (χ1) is 9.60. The van der Waals surface area contributed by atoms with E-state index in [1.807, 2.05) is 30.0 Å². The van der Waals surface area contributed by atoms with Gasteiger partial charge < -0.3 is 14.4 Å². The highest BCUT2D eigenvalue weighted by Gasteiger charge is 2.47. The molecule has 0 saturated carbocycles. The molecule has 5 heteroatoms. The lowest BCUT2D eigenvalue weighted by atomic mass is 9.79. The summed E-state index contributed by atoms with van der Waals surface area (Å²) >= 11 is 6.02. The first-order valence-electron chi connectivity index (χ1n) is 6.83. The zero-order valence-electron chi connectivity index (χ0n) is 11.5. The van der Waals surface area contributed by atoms with Gasteiger partial charge in [-0.2, -0.15) is 0 Å². The van der Waals surface area contributed by atoms with Crippen molar-refractivity contribution in [1.29, 1.82) is 0 Å². The second-order valence-electron chi connectivity index (χ2n) is 5.70. The number of benzene rings is 1. The summed E-state index contributed by atoms with van der Waals surface area (Å²) in [5.74, 6) is 0.701. The van der Waals surface area contributed by atoms with Crippen LogP contribution in [0.4, 0.5) is 0 Å². The number of hydrogen-bond acceptors (Lipinski definition) is 3. The molecule has 2 aliphatic heterocycles. The number of hydrogen-bond donors (Lipinski definition) is 0. The van der Waals surface area contributed by atoms with Crippen LogP contribution in [-0.2, 0) is 9.53 Å². The number of amides is 1. The van der Waals surface area contributed by atoms with Gasteiger partial charge in [0.25, 0.3) is 5.91 Å². The van der Waals surface area contributed by atoms with Gasteiger partial charge in [-0.15, -0.1) is 0 Å². The van der Waals surface area contributed by atoms with Crippen molar-refractivity contribution in [3.63, 3.8) is 0 Å². The highest BCUT2D eigenvalue weighted by atomic mass is 35.5. The van der Waals surface area contributed by atoms with E-state index in [0.717, 1.165) is 38.3 Å². The number of rotatable bonds is 3. The average molecular weight is 296 g/mol. The number of likely N-dealkylation sites (tertiary alicyclic amines) is 1. The summed E-state index contributed by atoms with van der Waals surface area (Å²) < 4.78 is 11.0. The molecule has 2 saturated heterocycles. The molecular weight excluding hydrogens is 278 g/mol. The first-order valence-corrected chi connectivity index (χ1v) is 7.21. The summed E-state index contributed by atoms with van der Waals surface area (Å²) in [5, 5.41) is 0.654. The van der Waals surface area contributed by atoms with Crippen molar-refractivity contribution in [1.82, 2.24) is 4.90 Å². The molecule has 1 spiro atoms. The molecule has 2 heterocycles. The van der Waals surface area contributed by atoms with Crippen LogP contribution in [0.3, 0.4) is 0 Å². The Morgan fingerprint density at radius 2 is 2.30 bits per heavy atom. The molecule has 20 heavy (non-hydrogen) atoms. The molecule has 4 nitrogen and oxygen atoms in total. The van der Waals surface area contributed by atoms with E-state index in [1.54, 1.807) is 0 Å². The molecule has 1 aromatic rings. The van der Waals surface area contributed by atoms with Crippen LogP contribution in [0.1, 0.15) is 12.0 Å². The highest BCUT2D eigenvalue weighted by Crippen LogP contribution is 2.38. The normalized spacial score (nSPS) is 20.0. The Kier molecular flexibility index (Phi) is 3.61. The molecule has 1 aromatic carbocycles. The fourth-order valence-electron chi connectivity index (χ4n) is 2.81. The standard InChI is InChI=1S/C15H18ClNO3/c1-11-12(16)3-2-4-13(11)20-7-14(18)17-8-15(9-17)5-6-19-10-15/h2-4H,5-10H2,1H3. The Morgan fingerprint density at radius 3 is 3.00 bits per heavy atom. The molecule has 3 rings (SSSR count). The van der Waals surface area contributed by atoms with Gasteiger partial charge in [0.1, 0.15) is 5.75 Å². The molecule has 1 amide bonds. The largest absolute Gasteiger partial charge is 0.483 e. The molecule has 0 atom stereocenters. The van der Waals surface area contributed by atoms with Gasteiger partial charge in [-0.05, 0) is 25.5 Å². The first kappa shape index (κ1) is 13.7. The number of ether oxygens (including phenoxy) is 2. The number of carbonyl (C=O) groups excluding carboxylic acids is 1. The van der Waals surface area contributed by atoms with E-state index < -0.39 is 0 Å². The summed E-state index contributed by atoms with van der Waals surface area (Å²) in [5.41, 5.74) is 1.09. The molecular formula is C15H18ClNO3. The third kappa shape index (κ3) is 2.50. The van der Waals surface area contributed by atoms with Gasteiger partial charge in [0.2, 0.25) is 0 Å². The quantitative estimate of drug-likeness (QED) is 0.859. The van der Waals surface area contributed by atoms with Crippen LogP contribution in [0.5, 0.6) is 5.75 Å². The average Bonchev–Trinajstić information content (AvgIpc) is 2.88. The Labute approximate surface area is 123 Å². The third-order valence-electron chi connectivity index (χ3n) is 4.16. The van der Waals surface area contributed by atoms with Gasteiger partial charge in [0, 0.05) is 35.7 Å². The minimum Gasteiger partial charge on any atom is -0.483 e. The van der Waals surface area contributed by atoms with Crippen LogP contribution in [0.2, 0.25) is 5.02 Å². The van der Waals surface area contributed by atoms with Crippen LogP contribution in [-0.4, -0.2) is 43.7 Å². The molecule has 2 aliphatic rings. The van der Waals surface area contributed by atoms with Crippen LogP contribution in [0, 0.1) is 12.3 Å². The molecule has 0 bridgehead atoms. The maximum atomic E-state index is 12.1. The topological polar surface area (TPSA) is 38.8 Å². The molecule has 2 fully saturated rings. The summed E-state index contributed by atoms with van der Waals surface area (Å²) in [4.78, 5) is 13.9. The minimum atomic E-state index is 0.0295. The van der Waals surface area contributed by atoms with Crippen LogP contribution < -0.4 is 4.74 Å². The summed E-state index contributed by atoms with van der Waals surface area (Å²) in [7, 11) is 0. The molecule has 0 aliphatic carbocycles. The Bertz CT molecular complexity index is 518. The van der Waals surface area contributed by atoms with Crippen LogP contribution >= 0.6 is 11.6 Å². The van der Waals surface area contributed by atoms with E-state index in [2.05, 4.69) is 0 Å². The number of halogens is 1. The predicted octanol–water partition coefficient (Wildman–Crippen LogP) is 2.28. The lowest BCUT2D eigenvalue weighted by Gasteiger charge is -2.47. The zero-order valence-corrected chi connectivity index (χ0v) is 12.3.